The summed E-state index contributed by atoms with van der Waals surface area (Å²) in [7, 11) is 3.42. The molecule has 0 aliphatic carbocycles. The van der Waals surface area contributed by atoms with E-state index >= 15 is 0 Å². The number of carbonyl (C=O) groups is 1. The molecule has 2 rings (SSSR count). The number of nitrogens with zero attached hydrogens (tertiary/aromatic N) is 3. The number of rotatable bonds is 5. The van der Waals surface area contributed by atoms with E-state index in [4.69, 9.17) is 0 Å². The summed E-state index contributed by atoms with van der Waals surface area (Å²) >= 11 is 1.30. The molecule has 0 saturated heterocycles. The second-order valence-corrected chi connectivity index (χ2v) is 6.39. The van der Waals surface area contributed by atoms with E-state index in [0.717, 1.165) is 24.8 Å². The summed E-state index contributed by atoms with van der Waals surface area (Å²) in [6, 6.07) is 0. The van der Waals surface area contributed by atoms with Crippen LogP contribution in [0, 0.1) is 6.92 Å². The zero-order valence-electron chi connectivity index (χ0n) is 13.0. The normalized spacial score (nSPS) is 11.0. The molecule has 0 unspecified atom stereocenters. The molecule has 0 aromatic carbocycles. The maximum Gasteiger partial charge on any atom is 0.263 e. The maximum absolute atomic E-state index is 12.6. The Hall–Kier alpha value is -1.69. The van der Waals surface area contributed by atoms with E-state index in [1.807, 2.05) is 6.92 Å². The summed E-state index contributed by atoms with van der Waals surface area (Å²) in [6.07, 6.45) is 4.78. The quantitative estimate of drug-likeness (QED) is 0.798. The predicted molar refractivity (Wildman–Crippen MR) is 86.2 cm³/mol. The van der Waals surface area contributed by atoms with Crippen molar-refractivity contribution >= 4 is 27.5 Å². The Morgan fingerprint density at radius 3 is 2.71 bits per heavy atom. The van der Waals surface area contributed by atoms with Gasteiger partial charge in [0.2, 0.25) is 0 Å². The molecule has 0 fully saturated rings. The summed E-state index contributed by atoms with van der Waals surface area (Å²) < 4.78 is 1.65. The van der Waals surface area contributed by atoms with Crippen LogP contribution < -0.4 is 5.56 Å². The average molecular weight is 307 g/mol. The largest absolute Gasteiger partial charge is 0.344 e. The third-order valence-corrected chi connectivity index (χ3v) is 4.71. The molecule has 0 aliphatic rings. The number of thiophene rings is 1. The van der Waals surface area contributed by atoms with Gasteiger partial charge in [0.1, 0.15) is 4.83 Å². The summed E-state index contributed by atoms with van der Waals surface area (Å²) in [6.45, 7) is 4.64. The molecule has 0 aliphatic heterocycles. The Balaban J connectivity index is 2.48. The fraction of sp³-hybridized carbons (Fsp3) is 0.533. The van der Waals surface area contributed by atoms with E-state index < -0.39 is 0 Å². The molecule has 0 N–H and O–H groups in total. The van der Waals surface area contributed by atoms with Crippen LogP contribution in [-0.2, 0) is 6.54 Å². The molecule has 0 atom stereocenters. The first-order valence-electron chi connectivity index (χ1n) is 7.17. The molecule has 114 valence electrons. The lowest BCUT2D eigenvalue weighted by Gasteiger charge is -2.08. The summed E-state index contributed by atoms with van der Waals surface area (Å²) in [4.78, 5) is 31.8. The lowest BCUT2D eigenvalue weighted by molar-refractivity contribution is 0.0831. The fourth-order valence-corrected chi connectivity index (χ4v) is 3.42. The molecular formula is C15H21N3O2S. The van der Waals surface area contributed by atoms with Crippen LogP contribution in [0.1, 0.15) is 41.4 Å². The molecule has 2 aromatic heterocycles. The molecule has 6 heteroatoms. The third kappa shape index (κ3) is 3.00. The van der Waals surface area contributed by atoms with Crippen LogP contribution in [0.25, 0.3) is 10.2 Å². The summed E-state index contributed by atoms with van der Waals surface area (Å²) in [5, 5.41) is 0.587. The first kappa shape index (κ1) is 15.7. The first-order chi connectivity index (χ1) is 9.97. The number of unbranched alkanes of at least 4 members (excludes halogenated alkanes) is 2. The number of carbonyl (C=O) groups excluding carboxylic acids is 1. The fourth-order valence-electron chi connectivity index (χ4n) is 2.26. The van der Waals surface area contributed by atoms with E-state index in [-0.39, 0.29) is 11.5 Å². The van der Waals surface area contributed by atoms with Crippen molar-refractivity contribution in [1.82, 2.24) is 14.5 Å². The molecule has 1 amide bonds. The second-order valence-electron chi connectivity index (χ2n) is 5.39. The van der Waals surface area contributed by atoms with Crippen LogP contribution in [0.2, 0.25) is 0 Å². The maximum atomic E-state index is 12.6. The smallest absolute Gasteiger partial charge is 0.263 e. The molecule has 0 saturated carbocycles. The molecular weight excluding hydrogens is 286 g/mol. The second kappa shape index (κ2) is 6.39. The van der Waals surface area contributed by atoms with Gasteiger partial charge in [0.15, 0.2) is 0 Å². The lowest BCUT2D eigenvalue weighted by atomic mass is 10.2. The van der Waals surface area contributed by atoms with Crippen molar-refractivity contribution in [3.63, 3.8) is 0 Å². The molecule has 0 bridgehead atoms. The zero-order chi connectivity index (χ0) is 15.6. The minimum atomic E-state index is -0.0765. The van der Waals surface area contributed by atoms with Gasteiger partial charge >= 0.3 is 0 Å². The Bertz CT molecular complexity index is 716. The van der Waals surface area contributed by atoms with Crippen molar-refractivity contribution in [1.29, 1.82) is 0 Å². The van der Waals surface area contributed by atoms with Gasteiger partial charge in [-0.2, -0.15) is 0 Å². The van der Waals surface area contributed by atoms with Crippen molar-refractivity contribution in [2.24, 2.45) is 0 Å². The van der Waals surface area contributed by atoms with E-state index in [1.165, 1.54) is 16.2 Å². The first-order valence-corrected chi connectivity index (χ1v) is 7.99. The molecule has 21 heavy (non-hydrogen) atoms. The average Bonchev–Trinajstić information content (AvgIpc) is 2.78. The third-order valence-electron chi connectivity index (χ3n) is 3.52. The van der Waals surface area contributed by atoms with Gasteiger partial charge in [0.05, 0.1) is 16.6 Å². The minimum Gasteiger partial charge on any atom is -0.344 e. The van der Waals surface area contributed by atoms with Crippen LogP contribution in [0.3, 0.4) is 0 Å². The number of aromatic nitrogens is 2. The van der Waals surface area contributed by atoms with Gasteiger partial charge in [-0.05, 0) is 18.9 Å². The SMILES string of the molecule is CCCCCn1cnc2sc(C(=O)N(C)C)c(C)c2c1=O. The van der Waals surface area contributed by atoms with Gasteiger partial charge in [-0.1, -0.05) is 19.8 Å². The van der Waals surface area contributed by atoms with Gasteiger partial charge in [0.25, 0.3) is 11.5 Å². The van der Waals surface area contributed by atoms with E-state index in [1.54, 1.807) is 25.0 Å². The summed E-state index contributed by atoms with van der Waals surface area (Å²) in [5.41, 5.74) is 0.707. The Morgan fingerprint density at radius 1 is 1.38 bits per heavy atom. The summed E-state index contributed by atoms with van der Waals surface area (Å²) in [5.74, 6) is -0.0765. The van der Waals surface area contributed by atoms with Crippen LogP contribution in [0.5, 0.6) is 0 Å². The van der Waals surface area contributed by atoms with Crippen LogP contribution in [0.15, 0.2) is 11.1 Å². The van der Waals surface area contributed by atoms with E-state index in [2.05, 4.69) is 11.9 Å². The van der Waals surface area contributed by atoms with Crippen LogP contribution >= 0.6 is 11.3 Å². The zero-order valence-corrected chi connectivity index (χ0v) is 13.8. The number of hydrogen-bond acceptors (Lipinski definition) is 4. The Kier molecular flexibility index (Phi) is 4.77. The van der Waals surface area contributed by atoms with Crippen molar-refractivity contribution in [3.8, 4) is 0 Å². The Labute approximate surface area is 128 Å². The van der Waals surface area contributed by atoms with Crippen LogP contribution in [-0.4, -0.2) is 34.5 Å². The van der Waals surface area contributed by atoms with Gasteiger partial charge in [-0.25, -0.2) is 4.98 Å². The van der Waals surface area contributed by atoms with Crippen molar-refractivity contribution in [2.45, 2.75) is 39.7 Å². The monoisotopic (exact) mass is 307 g/mol. The van der Waals surface area contributed by atoms with Crippen molar-refractivity contribution < 1.29 is 4.79 Å². The standard InChI is InChI=1S/C15H21N3O2S/c1-5-6-7-8-18-9-16-13-11(14(18)19)10(2)12(21-13)15(20)17(3)4/h9H,5-8H2,1-4H3. The highest BCUT2D eigenvalue weighted by Gasteiger charge is 2.20. The lowest BCUT2D eigenvalue weighted by Crippen LogP contribution is -2.22. The number of fused-ring (bicyclic) bond motifs is 1. The molecule has 0 radical (unpaired) electrons. The van der Waals surface area contributed by atoms with Gasteiger partial charge in [0, 0.05) is 20.6 Å². The number of hydrogen-bond donors (Lipinski definition) is 0. The van der Waals surface area contributed by atoms with E-state index in [0.29, 0.717) is 21.6 Å². The predicted octanol–water partition coefficient (Wildman–Crippen LogP) is 2.66. The van der Waals surface area contributed by atoms with E-state index in [9.17, 15) is 9.59 Å². The Morgan fingerprint density at radius 2 is 2.10 bits per heavy atom. The van der Waals surface area contributed by atoms with Gasteiger partial charge in [-0.3, -0.25) is 14.2 Å². The highest BCUT2D eigenvalue weighted by molar-refractivity contribution is 7.20. The van der Waals surface area contributed by atoms with Crippen LogP contribution in [0.4, 0.5) is 0 Å². The minimum absolute atomic E-state index is 0.0392. The topological polar surface area (TPSA) is 55.2 Å². The molecule has 2 aromatic rings. The highest BCUT2D eigenvalue weighted by Crippen LogP contribution is 2.27. The molecule has 5 nitrogen and oxygen atoms in total. The number of amides is 1. The van der Waals surface area contributed by atoms with Crippen molar-refractivity contribution in [2.75, 3.05) is 14.1 Å². The molecule has 0 spiro atoms. The molecule has 2 heterocycles. The van der Waals surface area contributed by atoms with Gasteiger partial charge in [-0.15, -0.1) is 11.3 Å². The van der Waals surface area contributed by atoms with Crippen molar-refractivity contribution in [3.05, 3.63) is 27.1 Å². The van der Waals surface area contributed by atoms with Gasteiger partial charge < -0.3 is 4.90 Å². The highest BCUT2D eigenvalue weighted by atomic mass is 32.1. The number of aryl methyl sites for hydroxylation is 2.